The van der Waals surface area contributed by atoms with E-state index in [-0.39, 0.29) is 40.1 Å². The first-order valence-corrected chi connectivity index (χ1v) is 18.6. The zero-order chi connectivity index (χ0) is 36.9. The number of aromatic nitrogens is 4. The van der Waals surface area contributed by atoms with Gasteiger partial charge in [-0.3, -0.25) is 9.89 Å². The third kappa shape index (κ3) is 6.06. The summed E-state index contributed by atoms with van der Waals surface area (Å²) in [5.74, 6) is -0.814. The third-order valence-electron chi connectivity index (χ3n) is 12.3. The third-order valence-corrected chi connectivity index (χ3v) is 12.3. The van der Waals surface area contributed by atoms with Crippen LogP contribution in [-0.2, 0) is 4.79 Å². The van der Waals surface area contributed by atoms with Crippen LogP contribution in [0.2, 0.25) is 0 Å². The maximum Gasteiger partial charge on any atom is 0.422 e. The second-order valence-electron chi connectivity index (χ2n) is 16.2. The molecule has 1 N–H and O–H groups in total. The van der Waals surface area contributed by atoms with Crippen molar-refractivity contribution in [2.45, 2.75) is 70.6 Å². The fourth-order valence-corrected chi connectivity index (χ4v) is 9.35. The van der Waals surface area contributed by atoms with Crippen LogP contribution in [-0.4, -0.2) is 101 Å². The van der Waals surface area contributed by atoms with Gasteiger partial charge in [-0.25, -0.2) is 4.39 Å². The molecule has 0 atom stereocenters. The second kappa shape index (κ2) is 12.3. The van der Waals surface area contributed by atoms with Crippen molar-refractivity contribution in [1.82, 2.24) is 30.0 Å². The van der Waals surface area contributed by atoms with Gasteiger partial charge in [-0.15, -0.1) is 0 Å². The Morgan fingerprint density at radius 3 is 2.43 bits per heavy atom. The highest BCUT2D eigenvalue weighted by molar-refractivity contribution is 6.06. The van der Waals surface area contributed by atoms with Gasteiger partial charge >= 0.3 is 12.2 Å². The molecule has 2 aromatic carbocycles. The quantitative estimate of drug-likeness (QED) is 0.144. The van der Waals surface area contributed by atoms with Gasteiger partial charge in [-0.1, -0.05) is 19.6 Å². The van der Waals surface area contributed by atoms with Crippen LogP contribution < -0.4 is 14.4 Å². The Hall–Kier alpha value is -4.46. The summed E-state index contributed by atoms with van der Waals surface area (Å²) >= 11 is 0. The van der Waals surface area contributed by atoms with Gasteiger partial charge in [0.25, 0.3) is 5.91 Å². The van der Waals surface area contributed by atoms with E-state index in [2.05, 4.69) is 39.6 Å². The SMILES string of the molecule is C=C(F)C(=O)N1CC2(CCN(c3nc(OC4CC5(C4)CN(CC)C5)nc4c(OCC(F)(F)F)c(-c5c(C)ccc6[nH]ncc56)c(C5CC5)cc34)CC2)C1. The molecule has 280 valence electrons. The number of fused-ring (bicyclic) bond motifs is 2. The number of hydrogen-bond donors (Lipinski definition) is 1. The normalized spacial score (nSPS) is 21.2. The van der Waals surface area contributed by atoms with Crippen molar-refractivity contribution in [3.8, 4) is 22.9 Å². The van der Waals surface area contributed by atoms with Gasteiger partial charge in [0.2, 0.25) is 0 Å². The number of likely N-dealkylation sites (tertiary alicyclic amines) is 2. The molecular formula is C39H43F4N7O3. The summed E-state index contributed by atoms with van der Waals surface area (Å²) in [5.41, 5.74) is 4.33. The Bertz CT molecular complexity index is 2120. The number of anilines is 1. The maximum atomic E-state index is 14.0. The lowest BCUT2D eigenvalue weighted by Crippen LogP contribution is -2.64. The first kappa shape index (κ1) is 34.3. The van der Waals surface area contributed by atoms with Gasteiger partial charge in [-0.05, 0) is 86.7 Å². The summed E-state index contributed by atoms with van der Waals surface area (Å²) < 4.78 is 68.1. The number of ether oxygens (including phenoxy) is 2. The molecule has 3 aliphatic heterocycles. The molecule has 3 saturated heterocycles. The molecule has 0 bridgehead atoms. The highest BCUT2D eigenvalue weighted by Crippen LogP contribution is 2.54. The average molecular weight is 734 g/mol. The van der Waals surface area contributed by atoms with Crippen molar-refractivity contribution < 1.29 is 31.8 Å². The van der Waals surface area contributed by atoms with Crippen LogP contribution >= 0.6 is 0 Å². The number of piperidine rings is 1. The van der Waals surface area contributed by atoms with Crippen LogP contribution in [0, 0.1) is 17.8 Å². The molecule has 5 fully saturated rings. The molecular weight excluding hydrogens is 690 g/mol. The molecule has 5 aliphatic rings. The molecule has 4 aromatic rings. The Labute approximate surface area is 304 Å². The van der Waals surface area contributed by atoms with Crippen LogP contribution in [0.3, 0.4) is 0 Å². The predicted octanol–water partition coefficient (Wildman–Crippen LogP) is 7.08. The number of alkyl halides is 3. The molecule has 0 unspecified atom stereocenters. The van der Waals surface area contributed by atoms with Crippen molar-refractivity contribution >= 4 is 33.5 Å². The zero-order valence-electron chi connectivity index (χ0n) is 30.0. The molecule has 53 heavy (non-hydrogen) atoms. The van der Waals surface area contributed by atoms with Crippen molar-refractivity contribution in [2.75, 3.05) is 57.3 Å². The molecule has 2 spiro atoms. The van der Waals surface area contributed by atoms with Gasteiger partial charge in [0, 0.05) is 66.4 Å². The standard InChI is InChI=1S/C39H43F4N7O3/c1-4-48-17-38(18-48)14-25(15-38)53-36-45-32-27(34(46-36)49-11-9-37(10-12-49)19-50(20-37)35(51)23(3)40)13-26(24-6-7-24)31(33(32)52-21-39(41,42)43)30-22(2)5-8-29-28(30)16-44-47-29/h5,8,13,16,24-25H,3-4,6-7,9-12,14-15,17-21H2,1-2H3,(H,44,47). The summed E-state index contributed by atoms with van der Waals surface area (Å²) in [5, 5.41) is 8.69. The summed E-state index contributed by atoms with van der Waals surface area (Å²) in [7, 11) is 0. The monoisotopic (exact) mass is 733 g/mol. The van der Waals surface area contributed by atoms with E-state index in [0.717, 1.165) is 85.8 Å². The zero-order valence-corrected chi connectivity index (χ0v) is 30.0. The summed E-state index contributed by atoms with van der Waals surface area (Å²) in [6.45, 7) is 11.0. The number of halogens is 4. The van der Waals surface area contributed by atoms with Crippen molar-refractivity contribution in [2.24, 2.45) is 10.8 Å². The first-order valence-electron chi connectivity index (χ1n) is 18.6. The molecule has 2 aromatic heterocycles. The maximum absolute atomic E-state index is 14.0. The van der Waals surface area contributed by atoms with E-state index in [9.17, 15) is 22.4 Å². The number of H-pyrrole nitrogens is 1. The van der Waals surface area contributed by atoms with Gasteiger partial charge in [0.1, 0.15) is 17.4 Å². The number of nitrogens with zero attached hydrogens (tertiary/aromatic N) is 6. The minimum Gasteiger partial charge on any atom is -0.481 e. The number of amides is 1. The van der Waals surface area contributed by atoms with Crippen LogP contribution in [0.15, 0.2) is 36.8 Å². The van der Waals surface area contributed by atoms with Crippen molar-refractivity contribution in [3.05, 3.63) is 47.9 Å². The summed E-state index contributed by atoms with van der Waals surface area (Å²) in [6, 6.07) is 6.05. The molecule has 9 rings (SSSR count). The highest BCUT2D eigenvalue weighted by atomic mass is 19.4. The van der Waals surface area contributed by atoms with E-state index in [1.54, 1.807) is 6.20 Å². The molecule has 5 heterocycles. The minimum absolute atomic E-state index is 0.0720. The number of hydrogen-bond acceptors (Lipinski definition) is 8. The van der Waals surface area contributed by atoms with Crippen LogP contribution in [0.5, 0.6) is 11.8 Å². The van der Waals surface area contributed by atoms with E-state index in [4.69, 9.17) is 19.4 Å². The van der Waals surface area contributed by atoms with E-state index in [1.165, 1.54) is 4.90 Å². The lowest BCUT2D eigenvalue weighted by molar-refractivity contribution is -0.153. The topological polar surface area (TPSA) is 99.7 Å². The fraction of sp³-hybridized carbons (Fsp3) is 0.538. The van der Waals surface area contributed by atoms with E-state index in [1.807, 2.05) is 19.1 Å². The molecule has 2 saturated carbocycles. The minimum atomic E-state index is -4.59. The Morgan fingerprint density at radius 1 is 1.04 bits per heavy atom. The number of carbonyl (C=O) groups is 1. The summed E-state index contributed by atoms with van der Waals surface area (Å²) in [4.78, 5) is 28.2. The van der Waals surface area contributed by atoms with Gasteiger partial charge in [0.05, 0.1) is 11.7 Å². The molecule has 10 nitrogen and oxygen atoms in total. The van der Waals surface area contributed by atoms with Crippen LogP contribution in [0.4, 0.5) is 23.4 Å². The summed E-state index contributed by atoms with van der Waals surface area (Å²) in [6.07, 6.45) is 2.05. The molecule has 14 heteroatoms. The molecule has 2 aliphatic carbocycles. The predicted molar refractivity (Wildman–Crippen MR) is 192 cm³/mol. The van der Waals surface area contributed by atoms with Crippen molar-refractivity contribution in [1.29, 1.82) is 0 Å². The Morgan fingerprint density at radius 2 is 1.77 bits per heavy atom. The second-order valence-corrected chi connectivity index (χ2v) is 16.2. The fourth-order valence-electron chi connectivity index (χ4n) is 9.35. The molecule has 0 radical (unpaired) electrons. The number of aromatic amines is 1. The lowest BCUT2D eigenvalue weighted by Gasteiger charge is -2.58. The number of rotatable bonds is 9. The highest BCUT2D eigenvalue weighted by Gasteiger charge is 2.53. The number of nitrogens with one attached hydrogen (secondary N) is 1. The number of benzene rings is 2. The van der Waals surface area contributed by atoms with Gasteiger partial charge < -0.3 is 24.2 Å². The largest absolute Gasteiger partial charge is 0.481 e. The number of carbonyl (C=O) groups excluding carboxylic acids is 1. The van der Waals surface area contributed by atoms with E-state index < -0.39 is 24.5 Å². The van der Waals surface area contributed by atoms with Crippen LogP contribution in [0.25, 0.3) is 32.9 Å². The van der Waals surface area contributed by atoms with Crippen LogP contribution in [0.1, 0.15) is 62.5 Å². The average Bonchev–Trinajstić information content (AvgIpc) is 3.81. The van der Waals surface area contributed by atoms with Gasteiger partial charge in [0.15, 0.2) is 18.2 Å². The number of aryl methyl sites for hydroxylation is 1. The lowest BCUT2D eigenvalue weighted by atomic mass is 9.62. The van der Waals surface area contributed by atoms with E-state index >= 15 is 0 Å². The smallest absolute Gasteiger partial charge is 0.422 e. The molecule has 1 amide bonds. The first-order chi connectivity index (χ1) is 25.3. The van der Waals surface area contributed by atoms with Gasteiger partial charge in [-0.2, -0.15) is 28.2 Å². The Balaban J connectivity index is 1.15. The van der Waals surface area contributed by atoms with E-state index in [0.29, 0.717) is 42.9 Å². The Kier molecular flexibility index (Phi) is 7.96. The van der Waals surface area contributed by atoms with Crippen molar-refractivity contribution in [3.63, 3.8) is 0 Å².